The van der Waals surface area contributed by atoms with Gasteiger partial charge in [0.15, 0.2) is 0 Å². The maximum atomic E-state index is 6.27. The van der Waals surface area contributed by atoms with Crippen molar-refractivity contribution in [1.82, 2.24) is 0 Å². The number of fused-ring (bicyclic) bond motifs is 1. The molecule has 0 saturated heterocycles. The SMILES string of the molecule is COc1ccc2c(c1)OC(c1ccc(C)cc1)C[C@H]2N. The zero-order valence-corrected chi connectivity index (χ0v) is 11.8. The summed E-state index contributed by atoms with van der Waals surface area (Å²) in [4.78, 5) is 0. The molecule has 0 fully saturated rings. The van der Waals surface area contributed by atoms with Crippen LogP contribution in [0.4, 0.5) is 0 Å². The molecule has 0 amide bonds. The van der Waals surface area contributed by atoms with Gasteiger partial charge in [-0.25, -0.2) is 0 Å². The van der Waals surface area contributed by atoms with E-state index in [0.717, 1.165) is 23.5 Å². The van der Waals surface area contributed by atoms with Crippen molar-refractivity contribution in [2.75, 3.05) is 7.11 Å². The van der Waals surface area contributed by atoms with E-state index >= 15 is 0 Å². The Morgan fingerprint density at radius 2 is 1.90 bits per heavy atom. The lowest BCUT2D eigenvalue weighted by atomic mass is 9.93. The van der Waals surface area contributed by atoms with Gasteiger partial charge in [0.2, 0.25) is 0 Å². The van der Waals surface area contributed by atoms with Crippen LogP contribution in [0.25, 0.3) is 0 Å². The number of ether oxygens (including phenoxy) is 2. The molecule has 1 aliphatic heterocycles. The fraction of sp³-hybridized carbons (Fsp3) is 0.294. The van der Waals surface area contributed by atoms with Crippen LogP contribution in [0.3, 0.4) is 0 Å². The smallest absolute Gasteiger partial charge is 0.128 e. The number of nitrogens with two attached hydrogens (primary N) is 1. The molecule has 1 heterocycles. The van der Waals surface area contributed by atoms with Gasteiger partial charge in [0.25, 0.3) is 0 Å². The van der Waals surface area contributed by atoms with Crippen LogP contribution in [-0.2, 0) is 0 Å². The maximum absolute atomic E-state index is 6.27. The minimum absolute atomic E-state index is 0.00374. The first kappa shape index (κ1) is 13.0. The van der Waals surface area contributed by atoms with Gasteiger partial charge >= 0.3 is 0 Å². The lowest BCUT2D eigenvalue weighted by Crippen LogP contribution is -2.24. The zero-order chi connectivity index (χ0) is 14.1. The van der Waals surface area contributed by atoms with Gasteiger partial charge < -0.3 is 15.2 Å². The summed E-state index contributed by atoms with van der Waals surface area (Å²) < 4.78 is 11.4. The molecule has 2 aromatic rings. The van der Waals surface area contributed by atoms with E-state index in [1.54, 1.807) is 7.11 Å². The first-order valence-corrected chi connectivity index (χ1v) is 6.84. The summed E-state index contributed by atoms with van der Waals surface area (Å²) in [6.07, 6.45) is 0.799. The van der Waals surface area contributed by atoms with Crippen LogP contribution in [0.2, 0.25) is 0 Å². The van der Waals surface area contributed by atoms with Crippen LogP contribution in [0, 0.1) is 6.92 Å². The highest BCUT2D eigenvalue weighted by Crippen LogP contribution is 2.41. The van der Waals surface area contributed by atoms with Crippen molar-refractivity contribution in [1.29, 1.82) is 0 Å². The number of methoxy groups -OCH3 is 1. The minimum atomic E-state index is -0.00374. The summed E-state index contributed by atoms with van der Waals surface area (Å²) >= 11 is 0. The Morgan fingerprint density at radius 3 is 2.60 bits per heavy atom. The Hall–Kier alpha value is -2.00. The average Bonchev–Trinajstić information content (AvgIpc) is 2.47. The molecule has 2 N–H and O–H groups in total. The third-order valence-electron chi connectivity index (χ3n) is 3.81. The summed E-state index contributed by atoms with van der Waals surface area (Å²) in [6, 6.07) is 14.2. The summed E-state index contributed by atoms with van der Waals surface area (Å²) in [7, 11) is 1.65. The van der Waals surface area contributed by atoms with Crippen LogP contribution in [0.1, 0.15) is 35.3 Å². The largest absolute Gasteiger partial charge is 0.497 e. The van der Waals surface area contributed by atoms with Crippen molar-refractivity contribution >= 4 is 0 Å². The molecule has 1 aliphatic rings. The van der Waals surface area contributed by atoms with E-state index in [1.165, 1.54) is 11.1 Å². The molecule has 3 nitrogen and oxygen atoms in total. The molecule has 104 valence electrons. The fourth-order valence-corrected chi connectivity index (χ4v) is 2.59. The molecule has 0 spiro atoms. The normalized spacial score (nSPS) is 20.9. The van der Waals surface area contributed by atoms with Crippen molar-refractivity contribution in [2.45, 2.75) is 25.5 Å². The predicted octanol–water partition coefficient (Wildman–Crippen LogP) is 3.53. The number of benzene rings is 2. The van der Waals surface area contributed by atoms with Crippen molar-refractivity contribution in [3.8, 4) is 11.5 Å². The molecule has 2 atom stereocenters. The third kappa shape index (κ3) is 2.37. The molecule has 0 aliphatic carbocycles. The van der Waals surface area contributed by atoms with Gasteiger partial charge in [-0.2, -0.15) is 0 Å². The van der Waals surface area contributed by atoms with Crippen molar-refractivity contribution in [3.63, 3.8) is 0 Å². The molecule has 0 saturated carbocycles. The molecule has 0 radical (unpaired) electrons. The Labute approximate surface area is 119 Å². The second kappa shape index (κ2) is 5.17. The summed E-state index contributed by atoms with van der Waals surface area (Å²) in [6.45, 7) is 2.08. The Morgan fingerprint density at radius 1 is 1.15 bits per heavy atom. The van der Waals surface area contributed by atoms with E-state index in [4.69, 9.17) is 15.2 Å². The van der Waals surface area contributed by atoms with E-state index in [0.29, 0.717) is 0 Å². The molecular weight excluding hydrogens is 250 g/mol. The van der Waals surface area contributed by atoms with Gasteiger partial charge in [-0.15, -0.1) is 0 Å². The van der Waals surface area contributed by atoms with Crippen LogP contribution < -0.4 is 15.2 Å². The van der Waals surface area contributed by atoms with Crippen molar-refractivity contribution in [2.24, 2.45) is 5.73 Å². The van der Waals surface area contributed by atoms with E-state index in [2.05, 4.69) is 31.2 Å². The second-order valence-electron chi connectivity index (χ2n) is 5.26. The molecule has 0 aromatic heterocycles. The number of rotatable bonds is 2. The highest BCUT2D eigenvalue weighted by atomic mass is 16.5. The number of hydrogen-bond acceptors (Lipinski definition) is 3. The molecule has 1 unspecified atom stereocenters. The van der Waals surface area contributed by atoms with Crippen LogP contribution in [0.15, 0.2) is 42.5 Å². The highest BCUT2D eigenvalue weighted by molar-refractivity contribution is 5.44. The van der Waals surface area contributed by atoms with E-state index < -0.39 is 0 Å². The quantitative estimate of drug-likeness (QED) is 0.907. The number of hydrogen-bond donors (Lipinski definition) is 1. The predicted molar refractivity (Wildman–Crippen MR) is 79.1 cm³/mol. The van der Waals surface area contributed by atoms with Gasteiger partial charge in [-0.1, -0.05) is 35.9 Å². The van der Waals surface area contributed by atoms with Gasteiger partial charge in [0, 0.05) is 24.1 Å². The first-order chi connectivity index (χ1) is 9.67. The van der Waals surface area contributed by atoms with E-state index in [1.807, 2.05) is 18.2 Å². The molecule has 20 heavy (non-hydrogen) atoms. The van der Waals surface area contributed by atoms with Crippen molar-refractivity contribution < 1.29 is 9.47 Å². The van der Waals surface area contributed by atoms with Gasteiger partial charge in [0.1, 0.15) is 17.6 Å². The molecule has 0 bridgehead atoms. The van der Waals surface area contributed by atoms with Crippen LogP contribution in [0.5, 0.6) is 11.5 Å². The topological polar surface area (TPSA) is 44.5 Å². The average molecular weight is 269 g/mol. The maximum Gasteiger partial charge on any atom is 0.128 e. The third-order valence-corrected chi connectivity index (χ3v) is 3.81. The first-order valence-electron chi connectivity index (χ1n) is 6.84. The summed E-state index contributed by atoms with van der Waals surface area (Å²) in [5.74, 6) is 1.62. The molecule has 3 heteroatoms. The Balaban J connectivity index is 1.92. The lowest BCUT2D eigenvalue weighted by molar-refractivity contribution is 0.161. The van der Waals surface area contributed by atoms with Gasteiger partial charge in [-0.3, -0.25) is 0 Å². The van der Waals surface area contributed by atoms with E-state index in [9.17, 15) is 0 Å². The fourth-order valence-electron chi connectivity index (χ4n) is 2.59. The minimum Gasteiger partial charge on any atom is -0.497 e. The molecule has 3 rings (SSSR count). The second-order valence-corrected chi connectivity index (χ2v) is 5.26. The van der Waals surface area contributed by atoms with Gasteiger partial charge in [0.05, 0.1) is 7.11 Å². The van der Waals surface area contributed by atoms with Crippen LogP contribution in [-0.4, -0.2) is 7.11 Å². The zero-order valence-electron chi connectivity index (χ0n) is 11.8. The van der Waals surface area contributed by atoms with E-state index in [-0.39, 0.29) is 12.1 Å². The Bertz CT molecular complexity index is 607. The monoisotopic (exact) mass is 269 g/mol. The number of aryl methyl sites for hydroxylation is 1. The highest BCUT2D eigenvalue weighted by Gasteiger charge is 2.27. The van der Waals surface area contributed by atoms with Gasteiger partial charge in [-0.05, 0) is 18.6 Å². The standard InChI is InChI=1S/C17H19NO2/c1-11-3-5-12(6-4-11)16-10-15(18)14-8-7-13(19-2)9-17(14)20-16/h3-9,15-16H,10,18H2,1-2H3/t15-,16?/m1/s1. The molecular formula is C17H19NO2. The Kier molecular flexibility index (Phi) is 3.36. The molecule has 2 aromatic carbocycles. The lowest BCUT2D eigenvalue weighted by Gasteiger charge is -2.30. The van der Waals surface area contributed by atoms with Crippen LogP contribution >= 0.6 is 0 Å². The van der Waals surface area contributed by atoms with Crippen molar-refractivity contribution in [3.05, 3.63) is 59.2 Å². The summed E-state index contributed by atoms with van der Waals surface area (Å²) in [5, 5.41) is 0. The summed E-state index contributed by atoms with van der Waals surface area (Å²) in [5.41, 5.74) is 9.74.